The van der Waals surface area contributed by atoms with Gasteiger partial charge in [-0.05, 0) is 61.6 Å². The Balaban J connectivity index is 1.69. The maximum atomic E-state index is 12.0. The Morgan fingerprint density at radius 2 is 2.00 bits per heavy atom. The summed E-state index contributed by atoms with van der Waals surface area (Å²) in [6.07, 6.45) is 3.53. The van der Waals surface area contributed by atoms with Crippen LogP contribution in [0.5, 0.6) is 0 Å². The maximum Gasteiger partial charge on any atom is 0.336 e. The molecule has 1 atom stereocenters. The summed E-state index contributed by atoms with van der Waals surface area (Å²) in [4.78, 5) is 14.4. The van der Waals surface area contributed by atoms with Gasteiger partial charge in [0.2, 0.25) is 0 Å². The van der Waals surface area contributed by atoms with E-state index in [1.54, 1.807) is 6.07 Å². The number of rotatable bonds is 3. The van der Waals surface area contributed by atoms with Crippen LogP contribution in [0.2, 0.25) is 0 Å². The van der Waals surface area contributed by atoms with Gasteiger partial charge in [-0.2, -0.15) is 0 Å². The molecule has 0 N–H and O–H groups in total. The SMILES string of the molecule is Cc1ccc2c(CN(C)C3CCCc4ccccc43)cc(=O)oc2c1. The number of aryl methyl sites for hydroxylation is 2. The van der Waals surface area contributed by atoms with E-state index in [1.807, 2.05) is 13.0 Å². The van der Waals surface area contributed by atoms with Crippen molar-refractivity contribution in [3.05, 3.63) is 81.2 Å². The van der Waals surface area contributed by atoms with Crippen molar-refractivity contribution in [3.8, 4) is 0 Å². The van der Waals surface area contributed by atoms with Crippen LogP contribution in [0.15, 0.2) is 57.7 Å². The van der Waals surface area contributed by atoms with Crippen molar-refractivity contribution in [1.82, 2.24) is 4.90 Å². The molecule has 0 aliphatic heterocycles. The van der Waals surface area contributed by atoms with Crippen molar-refractivity contribution < 1.29 is 4.42 Å². The van der Waals surface area contributed by atoms with E-state index >= 15 is 0 Å². The Kier molecular flexibility index (Phi) is 4.18. The Morgan fingerprint density at radius 1 is 1.16 bits per heavy atom. The molecule has 1 aliphatic rings. The Hall–Kier alpha value is -2.39. The first-order valence-electron chi connectivity index (χ1n) is 8.93. The minimum absolute atomic E-state index is 0.273. The van der Waals surface area contributed by atoms with Crippen molar-refractivity contribution in [1.29, 1.82) is 0 Å². The lowest BCUT2D eigenvalue weighted by atomic mass is 9.87. The van der Waals surface area contributed by atoms with Crippen molar-refractivity contribution >= 4 is 11.0 Å². The largest absolute Gasteiger partial charge is 0.423 e. The standard InChI is InChI=1S/C22H23NO2/c1-15-10-11-19-17(13-22(24)25-21(19)12-15)14-23(2)20-9-5-7-16-6-3-4-8-18(16)20/h3-4,6,8,10-13,20H,5,7,9,14H2,1-2H3. The highest BCUT2D eigenvalue weighted by molar-refractivity contribution is 5.80. The Bertz CT molecular complexity index is 973. The second-order valence-electron chi connectivity index (χ2n) is 7.11. The summed E-state index contributed by atoms with van der Waals surface area (Å²) < 4.78 is 5.39. The zero-order valence-electron chi connectivity index (χ0n) is 14.8. The quantitative estimate of drug-likeness (QED) is 0.656. The number of hydrogen-bond acceptors (Lipinski definition) is 3. The summed E-state index contributed by atoms with van der Waals surface area (Å²) in [5.41, 5.74) is 5.43. The second kappa shape index (κ2) is 6.49. The molecule has 0 amide bonds. The minimum atomic E-state index is -0.273. The molecule has 0 spiro atoms. The van der Waals surface area contributed by atoms with Crippen LogP contribution in [-0.4, -0.2) is 11.9 Å². The fraction of sp³-hybridized carbons (Fsp3) is 0.318. The van der Waals surface area contributed by atoms with Crippen molar-refractivity contribution in [2.75, 3.05) is 7.05 Å². The number of fused-ring (bicyclic) bond motifs is 2. The first-order chi connectivity index (χ1) is 12.1. The van der Waals surface area contributed by atoms with Crippen LogP contribution in [0.1, 0.15) is 41.1 Å². The van der Waals surface area contributed by atoms with Crippen molar-refractivity contribution in [2.45, 2.75) is 38.8 Å². The van der Waals surface area contributed by atoms with Crippen LogP contribution in [0, 0.1) is 6.92 Å². The van der Waals surface area contributed by atoms with Crippen LogP contribution in [0.3, 0.4) is 0 Å². The molecule has 3 nitrogen and oxygen atoms in total. The molecule has 1 aliphatic carbocycles. The Morgan fingerprint density at radius 3 is 2.88 bits per heavy atom. The first-order valence-corrected chi connectivity index (χ1v) is 8.93. The summed E-state index contributed by atoms with van der Waals surface area (Å²) in [6.45, 7) is 2.75. The zero-order valence-corrected chi connectivity index (χ0v) is 14.8. The van der Waals surface area contributed by atoms with E-state index in [1.165, 1.54) is 17.5 Å². The van der Waals surface area contributed by atoms with Crippen molar-refractivity contribution in [2.24, 2.45) is 0 Å². The van der Waals surface area contributed by atoms with Gasteiger partial charge in [0.05, 0.1) is 0 Å². The van der Waals surface area contributed by atoms with Crippen LogP contribution < -0.4 is 5.63 Å². The summed E-state index contributed by atoms with van der Waals surface area (Å²) in [7, 11) is 2.15. The molecule has 25 heavy (non-hydrogen) atoms. The molecule has 1 aromatic heterocycles. The van der Waals surface area contributed by atoms with Gasteiger partial charge in [-0.3, -0.25) is 4.90 Å². The molecule has 0 saturated heterocycles. The molecule has 1 unspecified atom stereocenters. The third kappa shape index (κ3) is 3.12. The maximum absolute atomic E-state index is 12.0. The number of hydrogen-bond donors (Lipinski definition) is 0. The molecule has 0 saturated carbocycles. The summed E-state index contributed by atoms with van der Waals surface area (Å²) in [5.74, 6) is 0. The molecule has 3 aromatic rings. The molecular formula is C22H23NO2. The summed E-state index contributed by atoms with van der Waals surface area (Å²) in [6, 6.07) is 16.9. The van der Waals surface area contributed by atoms with Gasteiger partial charge in [-0.15, -0.1) is 0 Å². The van der Waals surface area contributed by atoms with Crippen molar-refractivity contribution in [3.63, 3.8) is 0 Å². The van der Waals surface area contributed by atoms with Gasteiger partial charge in [-0.25, -0.2) is 4.79 Å². The molecule has 4 rings (SSSR count). The molecule has 128 valence electrons. The molecule has 0 radical (unpaired) electrons. The van der Waals surface area contributed by atoms with E-state index in [4.69, 9.17) is 4.42 Å². The van der Waals surface area contributed by atoms with Gasteiger partial charge in [-0.1, -0.05) is 36.4 Å². The average Bonchev–Trinajstić information content (AvgIpc) is 2.60. The highest BCUT2D eigenvalue weighted by Gasteiger charge is 2.24. The third-order valence-corrected chi connectivity index (χ3v) is 5.28. The highest BCUT2D eigenvalue weighted by atomic mass is 16.4. The summed E-state index contributed by atoms with van der Waals surface area (Å²) in [5, 5.41) is 1.03. The fourth-order valence-electron chi connectivity index (χ4n) is 4.03. The van der Waals surface area contributed by atoms with E-state index in [-0.39, 0.29) is 5.63 Å². The lowest BCUT2D eigenvalue weighted by Crippen LogP contribution is -2.27. The van der Waals surface area contributed by atoms with E-state index in [2.05, 4.69) is 48.3 Å². The fourth-order valence-corrected chi connectivity index (χ4v) is 4.03. The monoisotopic (exact) mass is 333 g/mol. The highest BCUT2D eigenvalue weighted by Crippen LogP contribution is 2.34. The van der Waals surface area contributed by atoms with E-state index in [9.17, 15) is 4.79 Å². The first kappa shape index (κ1) is 16.1. The van der Waals surface area contributed by atoms with E-state index < -0.39 is 0 Å². The Labute approximate surface area is 147 Å². The topological polar surface area (TPSA) is 33.5 Å². The number of nitrogens with zero attached hydrogens (tertiary/aromatic N) is 1. The van der Waals surface area contributed by atoms with Gasteiger partial charge >= 0.3 is 5.63 Å². The molecular weight excluding hydrogens is 310 g/mol. The second-order valence-corrected chi connectivity index (χ2v) is 7.11. The lowest BCUT2D eigenvalue weighted by molar-refractivity contribution is 0.213. The van der Waals surface area contributed by atoms with E-state index in [0.29, 0.717) is 11.6 Å². The smallest absolute Gasteiger partial charge is 0.336 e. The molecule has 0 fully saturated rings. The predicted molar refractivity (Wildman–Crippen MR) is 101 cm³/mol. The molecule has 2 aromatic carbocycles. The third-order valence-electron chi connectivity index (χ3n) is 5.28. The predicted octanol–water partition coefficient (Wildman–Crippen LogP) is 4.61. The molecule has 3 heteroatoms. The lowest BCUT2D eigenvalue weighted by Gasteiger charge is -2.33. The molecule has 0 bridgehead atoms. The van der Waals surface area contributed by atoms with Gasteiger partial charge in [0.25, 0.3) is 0 Å². The minimum Gasteiger partial charge on any atom is -0.423 e. The normalized spacial score (nSPS) is 17.0. The molecule has 1 heterocycles. The van der Waals surface area contributed by atoms with Crippen LogP contribution in [-0.2, 0) is 13.0 Å². The van der Waals surface area contributed by atoms with Gasteiger partial charge in [0.15, 0.2) is 0 Å². The van der Waals surface area contributed by atoms with Crippen LogP contribution in [0.25, 0.3) is 11.0 Å². The number of benzene rings is 2. The average molecular weight is 333 g/mol. The van der Waals surface area contributed by atoms with Gasteiger partial charge in [0.1, 0.15) is 5.58 Å². The summed E-state index contributed by atoms with van der Waals surface area (Å²) >= 11 is 0. The van der Waals surface area contributed by atoms with E-state index in [0.717, 1.165) is 35.9 Å². The van der Waals surface area contributed by atoms with Crippen LogP contribution >= 0.6 is 0 Å². The zero-order chi connectivity index (χ0) is 17.4. The van der Waals surface area contributed by atoms with Crippen LogP contribution in [0.4, 0.5) is 0 Å². The van der Waals surface area contributed by atoms with Gasteiger partial charge in [0, 0.05) is 24.0 Å². The van der Waals surface area contributed by atoms with Gasteiger partial charge < -0.3 is 4.42 Å².